The van der Waals surface area contributed by atoms with Gasteiger partial charge in [0.15, 0.2) is 0 Å². The molecule has 0 aromatic heterocycles. The van der Waals surface area contributed by atoms with Crippen LogP contribution in [0.25, 0.3) is 0 Å². The first-order valence-corrected chi connectivity index (χ1v) is 8.83. The summed E-state index contributed by atoms with van der Waals surface area (Å²) in [6.07, 6.45) is 9.78. The van der Waals surface area contributed by atoms with E-state index in [1.807, 2.05) is 0 Å². The fraction of sp³-hybridized carbons (Fsp3) is 0.684. The van der Waals surface area contributed by atoms with Gasteiger partial charge in [0, 0.05) is 18.6 Å². The Hall–Kier alpha value is -0.860. The lowest BCUT2D eigenvalue weighted by Crippen LogP contribution is -2.39. The van der Waals surface area contributed by atoms with E-state index in [0.717, 1.165) is 18.5 Å². The van der Waals surface area contributed by atoms with Crippen molar-refractivity contribution in [1.29, 1.82) is 0 Å². The molecule has 0 spiro atoms. The number of hydrogen-bond donors (Lipinski definition) is 1. The Morgan fingerprint density at radius 2 is 1.81 bits per heavy atom. The summed E-state index contributed by atoms with van der Waals surface area (Å²) in [7, 11) is 2.28. The second-order valence-corrected chi connectivity index (χ2v) is 6.97. The number of rotatable bonds is 5. The van der Waals surface area contributed by atoms with Gasteiger partial charge in [0.05, 0.1) is 0 Å². The van der Waals surface area contributed by atoms with Crippen molar-refractivity contribution in [2.24, 2.45) is 5.92 Å². The highest BCUT2D eigenvalue weighted by molar-refractivity contribution is 5.20. The summed E-state index contributed by atoms with van der Waals surface area (Å²) in [4.78, 5) is 2.52. The first kappa shape index (κ1) is 15.1. The molecule has 1 aliphatic carbocycles. The zero-order valence-corrected chi connectivity index (χ0v) is 13.4. The molecule has 1 aromatic rings. The molecule has 2 fully saturated rings. The van der Waals surface area contributed by atoms with E-state index in [0.29, 0.717) is 6.04 Å². The Morgan fingerprint density at radius 3 is 2.48 bits per heavy atom. The van der Waals surface area contributed by atoms with E-state index in [1.165, 1.54) is 57.1 Å². The maximum Gasteiger partial charge on any atom is 0.0349 e. The van der Waals surface area contributed by atoms with E-state index in [1.54, 1.807) is 0 Å². The van der Waals surface area contributed by atoms with Gasteiger partial charge in [0.2, 0.25) is 0 Å². The number of nitrogens with zero attached hydrogens (tertiary/aromatic N) is 1. The minimum atomic E-state index is 0.556. The average molecular weight is 286 g/mol. The normalized spacial score (nSPS) is 26.0. The van der Waals surface area contributed by atoms with Gasteiger partial charge < -0.3 is 10.2 Å². The third-order valence-electron chi connectivity index (χ3n) is 5.52. The highest BCUT2D eigenvalue weighted by atomic mass is 15.2. The number of hydrogen-bond acceptors (Lipinski definition) is 2. The van der Waals surface area contributed by atoms with Crippen molar-refractivity contribution in [2.75, 3.05) is 20.1 Å². The summed E-state index contributed by atoms with van der Waals surface area (Å²) in [5, 5.41) is 3.94. The van der Waals surface area contributed by atoms with E-state index in [-0.39, 0.29) is 0 Å². The maximum absolute atomic E-state index is 3.94. The van der Waals surface area contributed by atoms with Crippen LogP contribution >= 0.6 is 0 Å². The minimum Gasteiger partial charge on any atom is -0.308 e. The van der Waals surface area contributed by atoms with Gasteiger partial charge in [-0.25, -0.2) is 0 Å². The third kappa shape index (κ3) is 3.87. The van der Waals surface area contributed by atoms with Gasteiger partial charge in [-0.2, -0.15) is 0 Å². The smallest absolute Gasteiger partial charge is 0.0349 e. The van der Waals surface area contributed by atoms with Crippen LogP contribution in [0.5, 0.6) is 0 Å². The van der Waals surface area contributed by atoms with Crippen LogP contribution in [0.4, 0.5) is 0 Å². The Morgan fingerprint density at radius 1 is 1.05 bits per heavy atom. The van der Waals surface area contributed by atoms with Gasteiger partial charge in [0.25, 0.3) is 0 Å². The summed E-state index contributed by atoms with van der Waals surface area (Å²) in [5.41, 5.74) is 1.49. The molecule has 1 aromatic carbocycles. The Labute approximate surface area is 129 Å². The van der Waals surface area contributed by atoms with Crippen LogP contribution < -0.4 is 5.32 Å². The fourth-order valence-electron chi connectivity index (χ4n) is 4.18. The van der Waals surface area contributed by atoms with Gasteiger partial charge in [-0.1, -0.05) is 49.6 Å². The van der Waals surface area contributed by atoms with Gasteiger partial charge in [-0.15, -0.1) is 0 Å². The Balaban J connectivity index is 1.66. The minimum absolute atomic E-state index is 0.556. The lowest BCUT2D eigenvalue weighted by molar-refractivity contribution is 0.240. The Kier molecular flexibility index (Phi) is 5.32. The molecule has 2 nitrogen and oxygen atoms in total. The summed E-state index contributed by atoms with van der Waals surface area (Å²) in [6, 6.07) is 12.4. The molecule has 2 atom stereocenters. The maximum atomic E-state index is 3.94. The molecule has 2 aliphatic rings. The molecule has 2 unspecified atom stereocenters. The predicted octanol–water partition coefficient (Wildman–Crippen LogP) is 3.99. The number of benzene rings is 1. The molecule has 0 radical (unpaired) electrons. The number of likely N-dealkylation sites (N-methyl/N-ethyl adjacent to an activating group) is 1. The summed E-state index contributed by atoms with van der Waals surface area (Å²) < 4.78 is 0. The molecule has 1 N–H and O–H groups in total. The number of nitrogens with one attached hydrogen (secondary N) is 1. The zero-order valence-electron chi connectivity index (χ0n) is 13.4. The van der Waals surface area contributed by atoms with E-state index in [9.17, 15) is 0 Å². The molecular formula is C19H30N2. The molecule has 21 heavy (non-hydrogen) atoms. The fourth-order valence-corrected chi connectivity index (χ4v) is 4.18. The van der Waals surface area contributed by atoms with E-state index in [2.05, 4.69) is 47.6 Å². The van der Waals surface area contributed by atoms with Gasteiger partial charge in [0.1, 0.15) is 0 Å². The summed E-state index contributed by atoms with van der Waals surface area (Å²) in [5.74, 6) is 0.827. The van der Waals surface area contributed by atoms with Crippen molar-refractivity contribution in [3.8, 4) is 0 Å². The zero-order chi connectivity index (χ0) is 14.5. The van der Waals surface area contributed by atoms with E-state index in [4.69, 9.17) is 0 Å². The van der Waals surface area contributed by atoms with Crippen LogP contribution in [0, 0.1) is 5.92 Å². The SMILES string of the molecule is CN1CCCC1CNC(c1ccccc1)C1CCCCC1. The van der Waals surface area contributed by atoms with Crippen molar-refractivity contribution >= 4 is 0 Å². The topological polar surface area (TPSA) is 15.3 Å². The Bertz CT molecular complexity index is 411. The second-order valence-electron chi connectivity index (χ2n) is 6.97. The standard InChI is InChI=1S/C19H30N2/c1-21-14-8-13-18(21)15-20-19(16-9-4-2-5-10-16)17-11-6-3-7-12-17/h2,4-5,9-10,17-20H,3,6-8,11-15H2,1H3. The van der Waals surface area contributed by atoms with Crippen molar-refractivity contribution in [1.82, 2.24) is 10.2 Å². The summed E-state index contributed by atoms with van der Waals surface area (Å²) >= 11 is 0. The van der Waals surface area contributed by atoms with Crippen LogP contribution in [0.1, 0.15) is 56.6 Å². The lowest BCUT2D eigenvalue weighted by atomic mass is 9.81. The van der Waals surface area contributed by atoms with Crippen LogP contribution in [-0.4, -0.2) is 31.1 Å². The largest absolute Gasteiger partial charge is 0.308 e. The van der Waals surface area contributed by atoms with Crippen molar-refractivity contribution in [2.45, 2.75) is 57.0 Å². The van der Waals surface area contributed by atoms with Crippen LogP contribution in [0.3, 0.4) is 0 Å². The molecule has 1 heterocycles. The molecule has 2 heteroatoms. The molecular weight excluding hydrogens is 256 g/mol. The van der Waals surface area contributed by atoms with Crippen molar-refractivity contribution < 1.29 is 0 Å². The molecule has 1 saturated heterocycles. The third-order valence-corrected chi connectivity index (χ3v) is 5.52. The van der Waals surface area contributed by atoms with E-state index < -0.39 is 0 Å². The summed E-state index contributed by atoms with van der Waals surface area (Å²) in [6.45, 7) is 2.42. The van der Waals surface area contributed by atoms with Crippen LogP contribution in [0.15, 0.2) is 30.3 Å². The molecule has 3 rings (SSSR count). The quantitative estimate of drug-likeness (QED) is 0.880. The van der Waals surface area contributed by atoms with Crippen molar-refractivity contribution in [3.63, 3.8) is 0 Å². The molecule has 1 aliphatic heterocycles. The average Bonchev–Trinajstić information content (AvgIpc) is 2.95. The molecule has 116 valence electrons. The lowest BCUT2D eigenvalue weighted by Gasteiger charge is -2.33. The molecule has 0 bridgehead atoms. The highest BCUT2D eigenvalue weighted by Gasteiger charge is 2.27. The van der Waals surface area contributed by atoms with E-state index >= 15 is 0 Å². The predicted molar refractivity (Wildman–Crippen MR) is 89.4 cm³/mol. The monoisotopic (exact) mass is 286 g/mol. The highest BCUT2D eigenvalue weighted by Crippen LogP contribution is 2.34. The van der Waals surface area contributed by atoms with Crippen LogP contribution in [0.2, 0.25) is 0 Å². The number of likely N-dealkylation sites (tertiary alicyclic amines) is 1. The molecule has 0 amide bonds. The van der Waals surface area contributed by atoms with Gasteiger partial charge in [-0.3, -0.25) is 0 Å². The van der Waals surface area contributed by atoms with Crippen molar-refractivity contribution in [3.05, 3.63) is 35.9 Å². The van der Waals surface area contributed by atoms with Gasteiger partial charge >= 0.3 is 0 Å². The first-order valence-electron chi connectivity index (χ1n) is 8.83. The van der Waals surface area contributed by atoms with Gasteiger partial charge in [-0.05, 0) is 50.8 Å². The van der Waals surface area contributed by atoms with Crippen LogP contribution in [-0.2, 0) is 0 Å². The molecule has 1 saturated carbocycles. The second kappa shape index (κ2) is 7.42. The first-order chi connectivity index (χ1) is 10.3.